The fraction of sp³-hybridized carbons (Fsp3) is 0.214. The van der Waals surface area contributed by atoms with E-state index in [-0.39, 0.29) is 16.5 Å². The maximum atomic E-state index is 12.8. The van der Waals surface area contributed by atoms with Crippen molar-refractivity contribution in [2.75, 3.05) is 11.1 Å². The van der Waals surface area contributed by atoms with E-state index in [1.165, 1.54) is 24.3 Å². The van der Waals surface area contributed by atoms with E-state index in [1.807, 2.05) is 0 Å². The zero-order chi connectivity index (χ0) is 17.0. The number of hydrogen-bond donors (Lipinski definition) is 1. The van der Waals surface area contributed by atoms with Gasteiger partial charge in [0, 0.05) is 5.69 Å². The molecule has 1 N–H and O–H groups in total. The molecule has 1 heterocycles. The van der Waals surface area contributed by atoms with Gasteiger partial charge in [-0.05, 0) is 30.7 Å². The van der Waals surface area contributed by atoms with Crippen molar-refractivity contribution in [2.24, 2.45) is 0 Å². The molecule has 122 valence electrons. The molecule has 0 unspecified atom stereocenters. The lowest BCUT2D eigenvalue weighted by molar-refractivity contribution is 0.102. The summed E-state index contributed by atoms with van der Waals surface area (Å²) in [6, 6.07) is 5.07. The van der Waals surface area contributed by atoms with Gasteiger partial charge in [-0.2, -0.15) is 0 Å². The Labute approximate surface area is 137 Å². The number of rotatable bonds is 5. The minimum Gasteiger partial charge on any atom is -0.321 e. The minimum atomic E-state index is -3.67. The first-order valence-electron chi connectivity index (χ1n) is 6.65. The van der Waals surface area contributed by atoms with Crippen molar-refractivity contribution in [3.05, 3.63) is 47.0 Å². The molecular weight excluding hydrogens is 345 g/mol. The van der Waals surface area contributed by atoms with Crippen LogP contribution >= 0.6 is 11.6 Å². The zero-order valence-corrected chi connectivity index (χ0v) is 13.7. The minimum absolute atomic E-state index is 0.0833. The standard InChI is InChI=1S/C14H13ClFN3O3S/c1-2-7-23(21,22)14-17-8-11(15)12(19-14)13(20)18-10-5-3-9(16)4-6-10/h3-6,8H,2,7H2,1H3,(H,18,20). The third kappa shape index (κ3) is 4.23. The second-order valence-corrected chi connectivity index (χ2v) is 7.04. The van der Waals surface area contributed by atoms with E-state index < -0.39 is 26.7 Å². The molecule has 0 saturated carbocycles. The average molecular weight is 358 g/mol. The SMILES string of the molecule is CCCS(=O)(=O)c1ncc(Cl)c(C(=O)Nc2ccc(F)cc2)n1. The molecule has 0 radical (unpaired) electrons. The Morgan fingerprint density at radius 1 is 1.30 bits per heavy atom. The molecule has 2 rings (SSSR count). The Balaban J connectivity index is 2.31. The molecule has 0 aliphatic heterocycles. The quantitative estimate of drug-likeness (QED) is 0.831. The van der Waals surface area contributed by atoms with Crippen LogP contribution in [0.15, 0.2) is 35.6 Å². The van der Waals surface area contributed by atoms with E-state index in [0.29, 0.717) is 12.1 Å². The third-order valence-corrected chi connectivity index (χ3v) is 4.77. The van der Waals surface area contributed by atoms with Crippen molar-refractivity contribution in [2.45, 2.75) is 18.5 Å². The van der Waals surface area contributed by atoms with E-state index in [9.17, 15) is 17.6 Å². The van der Waals surface area contributed by atoms with Crippen molar-refractivity contribution < 1.29 is 17.6 Å². The van der Waals surface area contributed by atoms with Crippen LogP contribution in [0.3, 0.4) is 0 Å². The predicted octanol–water partition coefficient (Wildman–Crippen LogP) is 2.71. The molecule has 0 aliphatic carbocycles. The van der Waals surface area contributed by atoms with Gasteiger partial charge in [0.15, 0.2) is 5.69 Å². The van der Waals surface area contributed by atoms with E-state index in [4.69, 9.17) is 11.6 Å². The van der Waals surface area contributed by atoms with E-state index in [2.05, 4.69) is 15.3 Å². The highest BCUT2D eigenvalue weighted by Gasteiger charge is 2.21. The van der Waals surface area contributed by atoms with Crippen LogP contribution in [-0.4, -0.2) is 30.0 Å². The molecule has 1 amide bonds. The first kappa shape index (κ1) is 17.3. The Hall–Kier alpha value is -2.06. The molecule has 0 aliphatic rings. The van der Waals surface area contributed by atoms with Gasteiger partial charge in [-0.25, -0.2) is 22.8 Å². The Morgan fingerprint density at radius 2 is 1.96 bits per heavy atom. The van der Waals surface area contributed by atoms with Crippen LogP contribution in [0.1, 0.15) is 23.8 Å². The smallest absolute Gasteiger partial charge is 0.275 e. The van der Waals surface area contributed by atoms with Gasteiger partial charge in [-0.3, -0.25) is 4.79 Å². The highest BCUT2D eigenvalue weighted by molar-refractivity contribution is 7.91. The summed E-state index contributed by atoms with van der Waals surface area (Å²) in [5.41, 5.74) is 0.0599. The highest BCUT2D eigenvalue weighted by Crippen LogP contribution is 2.17. The van der Waals surface area contributed by atoms with Crippen LogP contribution < -0.4 is 5.32 Å². The van der Waals surface area contributed by atoms with Gasteiger partial charge in [-0.1, -0.05) is 18.5 Å². The van der Waals surface area contributed by atoms with Crippen LogP contribution in [0.5, 0.6) is 0 Å². The van der Waals surface area contributed by atoms with Crippen LogP contribution in [0.2, 0.25) is 5.02 Å². The van der Waals surface area contributed by atoms with Gasteiger partial charge >= 0.3 is 0 Å². The number of halogens is 2. The summed E-state index contributed by atoms with van der Waals surface area (Å²) < 4.78 is 36.8. The topological polar surface area (TPSA) is 89.0 Å². The first-order chi connectivity index (χ1) is 10.8. The molecule has 2 aromatic rings. The Bertz CT molecular complexity index is 826. The summed E-state index contributed by atoms with van der Waals surface area (Å²) in [5, 5.41) is 1.93. The fourth-order valence-electron chi connectivity index (χ4n) is 1.74. The average Bonchev–Trinajstić information content (AvgIpc) is 2.49. The number of nitrogens with zero attached hydrogens (tertiary/aromatic N) is 2. The maximum Gasteiger partial charge on any atom is 0.275 e. The molecular formula is C14H13ClFN3O3S. The summed E-state index contributed by atoms with van der Waals surface area (Å²) >= 11 is 5.87. The number of carbonyl (C=O) groups excluding carboxylic acids is 1. The third-order valence-electron chi connectivity index (χ3n) is 2.79. The van der Waals surface area contributed by atoms with E-state index in [1.54, 1.807) is 6.92 Å². The molecule has 0 fully saturated rings. The number of amides is 1. The number of aromatic nitrogens is 2. The van der Waals surface area contributed by atoms with Crippen LogP contribution in [-0.2, 0) is 9.84 Å². The van der Waals surface area contributed by atoms with Crippen molar-refractivity contribution in [1.82, 2.24) is 9.97 Å². The van der Waals surface area contributed by atoms with Gasteiger partial charge in [0.25, 0.3) is 5.91 Å². The second-order valence-electron chi connectivity index (χ2n) is 4.63. The normalized spacial score (nSPS) is 11.3. The summed E-state index contributed by atoms with van der Waals surface area (Å²) in [7, 11) is -3.67. The summed E-state index contributed by atoms with van der Waals surface area (Å²) in [6.07, 6.45) is 1.46. The zero-order valence-electron chi connectivity index (χ0n) is 12.1. The predicted molar refractivity (Wildman–Crippen MR) is 83.7 cm³/mol. The van der Waals surface area contributed by atoms with Crippen LogP contribution in [0.25, 0.3) is 0 Å². The lowest BCUT2D eigenvalue weighted by atomic mass is 10.3. The van der Waals surface area contributed by atoms with Crippen molar-refractivity contribution in [3.63, 3.8) is 0 Å². The Kier molecular flexibility index (Phi) is 5.27. The summed E-state index contributed by atoms with van der Waals surface area (Å²) in [6.45, 7) is 1.70. The number of nitrogens with one attached hydrogen (secondary N) is 1. The molecule has 0 spiro atoms. The molecule has 6 nitrogen and oxygen atoms in total. The first-order valence-corrected chi connectivity index (χ1v) is 8.68. The van der Waals surface area contributed by atoms with Gasteiger partial charge in [-0.15, -0.1) is 0 Å². The number of sulfone groups is 1. The number of carbonyl (C=O) groups is 1. The summed E-state index contributed by atoms with van der Waals surface area (Å²) in [5.74, 6) is -1.29. The lowest BCUT2D eigenvalue weighted by Crippen LogP contribution is -2.18. The van der Waals surface area contributed by atoms with Crippen LogP contribution in [0, 0.1) is 5.82 Å². The van der Waals surface area contributed by atoms with Crippen molar-refractivity contribution >= 4 is 33.0 Å². The molecule has 1 aromatic heterocycles. The van der Waals surface area contributed by atoms with E-state index >= 15 is 0 Å². The fourth-order valence-corrected chi connectivity index (χ4v) is 3.08. The molecule has 23 heavy (non-hydrogen) atoms. The number of hydrogen-bond acceptors (Lipinski definition) is 5. The molecule has 0 saturated heterocycles. The molecule has 9 heteroatoms. The van der Waals surface area contributed by atoms with Gasteiger partial charge in [0.05, 0.1) is 17.0 Å². The molecule has 0 atom stereocenters. The van der Waals surface area contributed by atoms with Crippen molar-refractivity contribution in [1.29, 1.82) is 0 Å². The highest BCUT2D eigenvalue weighted by atomic mass is 35.5. The summed E-state index contributed by atoms with van der Waals surface area (Å²) in [4.78, 5) is 19.6. The number of anilines is 1. The lowest BCUT2D eigenvalue weighted by Gasteiger charge is -2.07. The maximum absolute atomic E-state index is 12.8. The second kappa shape index (κ2) is 7.01. The molecule has 0 bridgehead atoms. The van der Waals surface area contributed by atoms with Crippen LogP contribution in [0.4, 0.5) is 10.1 Å². The molecule has 1 aromatic carbocycles. The Morgan fingerprint density at radius 3 is 2.57 bits per heavy atom. The number of benzene rings is 1. The van der Waals surface area contributed by atoms with Gasteiger partial charge in [0.2, 0.25) is 15.0 Å². The monoisotopic (exact) mass is 357 g/mol. The van der Waals surface area contributed by atoms with Gasteiger partial charge < -0.3 is 5.32 Å². The van der Waals surface area contributed by atoms with E-state index in [0.717, 1.165) is 6.20 Å². The van der Waals surface area contributed by atoms with Gasteiger partial charge in [0.1, 0.15) is 5.82 Å². The largest absolute Gasteiger partial charge is 0.321 e. The van der Waals surface area contributed by atoms with Crippen molar-refractivity contribution in [3.8, 4) is 0 Å².